The van der Waals surface area contributed by atoms with Crippen molar-refractivity contribution in [2.45, 2.75) is 25.2 Å². The Kier molecular flexibility index (Phi) is 4.56. The third kappa shape index (κ3) is 3.40. The van der Waals surface area contributed by atoms with Crippen molar-refractivity contribution in [1.82, 2.24) is 9.88 Å². The molecule has 2 N–H and O–H groups in total. The second-order valence-corrected chi connectivity index (χ2v) is 6.85. The lowest BCUT2D eigenvalue weighted by Crippen LogP contribution is -2.33. The number of rotatable bonds is 2. The second kappa shape index (κ2) is 7.15. The topological polar surface area (TPSA) is 74.3 Å². The van der Waals surface area contributed by atoms with E-state index in [0.717, 1.165) is 32.4 Å². The molecule has 134 valence electrons. The Labute approximate surface area is 152 Å². The minimum absolute atomic E-state index is 0.0196. The van der Waals surface area contributed by atoms with Gasteiger partial charge in [0.25, 0.3) is 5.91 Å². The molecule has 1 aromatic carbocycles. The summed E-state index contributed by atoms with van der Waals surface area (Å²) in [5.74, 6) is 0.971. The minimum atomic E-state index is -0.121. The van der Waals surface area contributed by atoms with E-state index in [1.54, 1.807) is 12.3 Å². The molecule has 26 heavy (non-hydrogen) atoms. The van der Waals surface area contributed by atoms with Crippen LogP contribution in [0.5, 0.6) is 0 Å². The number of nitrogens with one attached hydrogen (secondary N) is 2. The van der Waals surface area contributed by atoms with Gasteiger partial charge in [0, 0.05) is 19.3 Å². The Balaban J connectivity index is 1.47. The monoisotopic (exact) mass is 350 g/mol. The standard InChI is InChI=1S/C20H22N4O2/c25-18-13-22-19-17(23-18)11-16(12-21-19)20(26)24-9-4-7-15(8-10-24)14-5-2-1-3-6-14/h1-3,5-6,11-12,15H,4,7-10,13H2,(H,21,22)(H,23,25). The predicted molar refractivity (Wildman–Crippen MR) is 100 cm³/mol. The van der Waals surface area contributed by atoms with E-state index >= 15 is 0 Å². The lowest BCUT2D eigenvalue weighted by molar-refractivity contribution is -0.114. The van der Waals surface area contributed by atoms with E-state index in [9.17, 15) is 9.59 Å². The Morgan fingerprint density at radius 3 is 2.85 bits per heavy atom. The zero-order valence-electron chi connectivity index (χ0n) is 14.6. The summed E-state index contributed by atoms with van der Waals surface area (Å²) >= 11 is 0. The van der Waals surface area contributed by atoms with Crippen molar-refractivity contribution in [2.24, 2.45) is 0 Å². The molecule has 4 rings (SSSR count). The normalized spacial score (nSPS) is 19.8. The van der Waals surface area contributed by atoms with Crippen LogP contribution < -0.4 is 10.6 Å². The molecule has 0 bridgehead atoms. The number of benzene rings is 1. The number of pyridine rings is 1. The Bertz CT molecular complexity index is 822. The molecule has 2 aromatic rings. The number of likely N-dealkylation sites (tertiary alicyclic amines) is 1. The lowest BCUT2D eigenvalue weighted by Gasteiger charge is -2.22. The van der Waals surface area contributed by atoms with Gasteiger partial charge in [-0.1, -0.05) is 30.3 Å². The summed E-state index contributed by atoms with van der Waals surface area (Å²) in [4.78, 5) is 30.6. The molecule has 2 aliphatic rings. The summed E-state index contributed by atoms with van der Waals surface area (Å²) in [5, 5.41) is 5.71. The Hall–Kier alpha value is -2.89. The summed E-state index contributed by atoms with van der Waals surface area (Å²) in [6, 6.07) is 12.2. The van der Waals surface area contributed by atoms with Gasteiger partial charge in [-0.3, -0.25) is 9.59 Å². The van der Waals surface area contributed by atoms with E-state index in [0.29, 0.717) is 23.0 Å². The van der Waals surface area contributed by atoms with Gasteiger partial charge in [0.2, 0.25) is 5.91 Å². The van der Waals surface area contributed by atoms with Gasteiger partial charge in [0.1, 0.15) is 5.82 Å². The van der Waals surface area contributed by atoms with Crippen molar-refractivity contribution in [1.29, 1.82) is 0 Å². The van der Waals surface area contributed by atoms with Crippen LogP contribution in [0.3, 0.4) is 0 Å². The summed E-state index contributed by atoms with van der Waals surface area (Å²) in [7, 11) is 0. The van der Waals surface area contributed by atoms with E-state index < -0.39 is 0 Å². The highest BCUT2D eigenvalue weighted by Gasteiger charge is 2.24. The van der Waals surface area contributed by atoms with Crippen molar-refractivity contribution >= 4 is 23.3 Å². The van der Waals surface area contributed by atoms with E-state index in [1.165, 1.54) is 5.56 Å². The number of hydrogen-bond acceptors (Lipinski definition) is 4. The fraction of sp³-hybridized carbons (Fsp3) is 0.350. The van der Waals surface area contributed by atoms with Crippen LogP contribution in [0.2, 0.25) is 0 Å². The molecule has 0 spiro atoms. The fourth-order valence-corrected chi connectivity index (χ4v) is 3.72. The van der Waals surface area contributed by atoms with Crippen LogP contribution in [0.15, 0.2) is 42.6 Å². The SMILES string of the molecule is O=C1CNc2ncc(C(=O)N3CCCC(c4ccccc4)CC3)cc2N1. The van der Waals surface area contributed by atoms with Crippen molar-refractivity contribution in [3.8, 4) is 0 Å². The maximum atomic E-state index is 12.9. The van der Waals surface area contributed by atoms with E-state index in [4.69, 9.17) is 0 Å². The number of aromatic nitrogens is 1. The third-order valence-corrected chi connectivity index (χ3v) is 5.11. The number of carbonyl (C=O) groups is 2. The van der Waals surface area contributed by atoms with Gasteiger partial charge >= 0.3 is 0 Å². The van der Waals surface area contributed by atoms with Gasteiger partial charge < -0.3 is 15.5 Å². The maximum absolute atomic E-state index is 12.9. The molecule has 0 radical (unpaired) electrons. The Morgan fingerprint density at radius 1 is 1.15 bits per heavy atom. The van der Waals surface area contributed by atoms with E-state index in [2.05, 4.69) is 39.9 Å². The van der Waals surface area contributed by atoms with Crippen LogP contribution in [0.25, 0.3) is 0 Å². The smallest absolute Gasteiger partial charge is 0.255 e. The van der Waals surface area contributed by atoms with Crippen LogP contribution >= 0.6 is 0 Å². The molecule has 6 heteroatoms. The highest BCUT2D eigenvalue weighted by molar-refractivity contribution is 6.02. The summed E-state index contributed by atoms with van der Waals surface area (Å²) in [6.07, 6.45) is 4.63. The fourth-order valence-electron chi connectivity index (χ4n) is 3.72. The number of carbonyl (C=O) groups excluding carboxylic acids is 2. The largest absolute Gasteiger partial charge is 0.359 e. The summed E-state index contributed by atoms with van der Waals surface area (Å²) in [6.45, 7) is 1.70. The number of amides is 2. The van der Waals surface area contributed by atoms with Gasteiger partial charge in [0.15, 0.2) is 0 Å². The number of hydrogen-bond donors (Lipinski definition) is 2. The van der Waals surface area contributed by atoms with Crippen LogP contribution in [-0.4, -0.2) is 41.3 Å². The minimum Gasteiger partial charge on any atom is -0.359 e. The number of fused-ring (bicyclic) bond motifs is 1. The first-order chi connectivity index (χ1) is 12.7. The molecular formula is C20H22N4O2. The molecule has 1 aromatic heterocycles. The number of nitrogens with zero attached hydrogens (tertiary/aromatic N) is 2. The van der Waals surface area contributed by atoms with Gasteiger partial charge in [-0.25, -0.2) is 4.98 Å². The molecule has 0 aliphatic carbocycles. The van der Waals surface area contributed by atoms with Crippen molar-refractivity contribution in [3.63, 3.8) is 0 Å². The first-order valence-corrected chi connectivity index (χ1v) is 9.09. The summed E-state index contributed by atoms with van der Waals surface area (Å²) in [5.41, 5.74) is 2.45. The quantitative estimate of drug-likeness (QED) is 0.873. The first-order valence-electron chi connectivity index (χ1n) is 9.09. The second-order valence-electron chi connectivity index (χ2n) is 6.85. The van der Waals surface area contributed by atoms with E-state index in [-0.39, 0.29) is 18.4 Å². The highest BCUT2D eigenvalue weighted by Crippen LogP contribution is 2.29. The van der Waals surface area contributed by atoms with Crippen LogP contribution in [0, 0.1) is 0 Å². The molecule has 6 nitrogen and oxygen atoms in total. The van der Waals surface area contributed by atoms with Crippen molar-refractivity contribution < 1.29 is 9.59 Å². The predicted octanol–water partition coefficient (Wildman–Crippen LogP) is 2.86. The maximum Gasteiger partial charge on any atom is 0.255 e. The molecule has 1 unspecified atom stereocenters. The molecule has 1 saturated heterocycles. The lowest BCUT2D eigenvalue weighted by atomic mass is 9.92. The third-order valence-electron chi connectivity index (χ3n) is 5.11. The Morgan fingerprint density at radius 2 is 2.00 bits per heavy atom. The zero-order valence-corrected chi connectivity index (χ0v) is 14.6. The molecule has 1 fully saturated rings. The molecule has 0 saturated carbocycles. The van der Waals surface area contributed by atoms with Gasteiger partial charge in [0.05, 0.1) is 17.8 Å². The van der Waals surface area contributed by atoms with Crippen LogP contribution in [0.1, 0.15) is 41.1 Å². The van der Waals surface area contributed by atoms with Gasteiger partial charge in [-0.05, 0) is 36.8 Å². The zero-order chi connectivity index (χ0) is 17.9. The molecule has 2 aliphatic heterocycles. The van der Waals surface area contributed by atoms with E-state index in [1.807, 2.05) is 11.0 Å². The van der Waals surface area contributed by atoms with Crippen molar-refractivity contribution in [2.75, 3.05) is 30.3 Å². The first kappa shape index (κ1) is 16.6. The average Bonchev–Trinajstić information content (AvgIpc) is 2.94. The molecule has 2 amide bonds. The van der Waals surface area contributed by atoms with Crippen LogP contribution in [-0.2, 0) is 4.79 Å². The van der Waals surface area contributed by atoms with Gasteiger partial charge in [-0.2, -0.15) is 0 Å². The average molecular weight is 350 g/mol. The van der Waals surface area contributed by atoms with Crippen molar-refractivity contribution in [3.05, 3.63) is 53.7 Å². The van der Waals surface area contributed by atoms with Gasteiger partial charge in [-0.15, -0.1) is 0 Å². The molecule has 1 atom stereocenters. The molecular weight excluding hydrogens is 328 g/mol. The summed E-state index contributed by atoms with van der Waals surface area (Å²) < 4.78 is 0. The molecule has 3 heterocycles. The highest BCUT2D eigenvalue weighted by atomic mass is 16.2. The van der Waals surface area contributed by atoms with Crippen LogP contribution in [0.4, 0.5) is 11.5 Å². The number of anilines is 2.